The molecule has 0 fully saturated rings. The van der Waals surface area contributed by atoms with E-state index in [1.807, 2.05) is 42.5 Å². The molecule has 0 radical (unpaired) electrons. The van der Waals surface area contributed by atoms with E-state index < -0.39 is 0 Å². The van der Waals surface area contributed by atoms with Gasteiger partial charge in [-0.05, 0) is 67.8 Å². The van der Waals surface area contributed by atoms with Gasteiger partial charge in [0.2, 0.25) is 0 Å². The zero-order chi connectivity index (χ0) is 29.2. The average Bonchev–Trinajstić information content (AvgIpc) is 2.99. The van der Waals surface area contributed by atoms with Crippen molar-refractivity contribution >= 4 is 11.4 Å². The molecule has 230 valence electrons. The minimum Gasteiger partial charge on any atom is -0.494 e. The van der Waals surface area contributed by atoms with E-state index in [-0.39, 0.29) is 0 Å². The van der Waals surface area contributed by atoms with Crippen LogP contribution in [-0.4, -0.2) is 13.2 Å². The van der Waals surface area contributed by atoms with E-state index in [0.717, 1.165) is 54.5 Å². The normalized spacial score (nSPS) is 11.4. The Kier molecular flexibility index (Phi) is 20.6. The van der Waals surface area contributed by atoms with E-state index in [0.29, 0.717) is 0 Å². The van der Waals surface area contributed by atoms with Gasteiger partial charge in [-0.3, -0.25) is 0 Å². The van der Waals surface area contributed by atoms with Crippen molar-refractivity contribution in [2.45, 2.75) is 149 Å². The number of hydrogen-bond donors (Lipinski definition) is 0. The fourth-order valence-corrected chi connectivity index (χ4v) is 5.13. The van der Waals surface area contributed by atoms with Crippen LogP contribution in [0.15, 0.2) is 52.7 Å². The summed E-state index contributed by atoms with van der Waals surface area (Å²) < 4.78 is 12.0. The molecule has 0 atom stereocenters. The molecule has 0 aliphatic heterocycles. The predicted molar refractivity (Wildman–Crippen MR) is 176 cm³/mol. The van der Waals surface area contributed by atoms with E-state index >= 15 is 0 Å². The first-order chi connectivity index (χ1) is 20.2. The van der Waals surface area contributed by atoms with Gasteiger partial charge < -0.3 is 9.47 Å². The van der Waals surface area contributed by atoms with Crippen LogP contribution in [0.3, 0.4) is 0 Å². The van der Waals surface area contributed by atoms with Crippen LogP contribution in [0.4, 0.5) is 11.4 Å². The summed E-state index contributed by atoms with van der Waals surface area (Å²) in [4.78, 5) is 0. The number of ether oxygens (including phenoxy) is 2. The van der Waals surface area contributed by atoms with Crippen LogP contribution in [0.2, 0.25) is 0 Å². The zero-order valence-electron chi connectivity index (χ0n) is 26.8. The number of unbranched alkanes of at least 4 members (excludes halogenated alkanes) is 18. The molecule has 4 heteroatoms. The summed E-state index contributed by atoms with van der Waals surface area (Å²) in [6, 6.07) is 13.9. The SMILES string of the molecule is CCCCCCCCCCCCOc1ccc(/N=N/c2ccc(OCCCCCCCCCCCC)c(C)c2)cc1. The second kappa shape index (κ2) is 24.3. The van der Waals surface area contributed by atoms with Crippen LogP contribution >= 0.6 is 0 Å². The monoisotopic (exact) mass is 564 g/mol. The molecule has 41 heavy (non-hydrogen) atoms. The molecule has 2 rings (SSSR count). The number of benzene rings is 2. The van der Waals surface area contributed by atoms with Crippen molar-refractivity contribution < 1.29 is 9.47 Å². The molecule has 0 saturated carbocycles. The van der Waals surface area contributed by atoms with Crippen molar-refractivity contribution in [1.82, 2.24) is 0 Å². The molecule has 0 spiro atoms. The maximum Gasteiger partial charge on any atom is 0.122 e. The Morgan fingerprint density at radius 1 is 0.463 bits per heavy atom. The van der Waals surface area contributed by atoms with Gasteiger partial charge in [0.25, 0.3) is 0 Å². The number of nitrogens with zero attached hydrogens (tertiary/aromatic N) is 2. The fourth-order valence-electron chi connectivity index (χ4n) is 5.13. The standard InChI is InChI=1S/C37H60N2O2/c1-4-6-8-10-12-14-16-18-20-22-30-40-36-27-24-34(25-28-36)38-39-35-26-29-37(33(3)32-35)41-31-23-21-19-17-15-13-11-9-7-5-2/h24-29,32H,4-23,30-31H2,1-3H3/b39-38+. The second-order valence-electron chi connectivity index (χ2n) is 11.7. The van der Waals surface area contributed by atoms with E-state index in [9.17, 15) is 0 Å². The highest BCUT2D eigenvalue weighted by atomic mass is 16.5. The third-order valence-electron chi connectivity index (χ3n) is 7.80. The number of hydrogen-bond acceptors (Lipinski definition) is 4. The minimum atomic E-state index is 0.782. The second-order valence-corrected chi connectivity index (χ2v) is 11.7. The maximum absolute atomic E-state index is 6.03. The van der Waals surface area contributed by atoms with Crippen molar-refractivity contribution in [3.05, 3.63) is 48.0 Å². The first-order valence-electron chi connectivity index (χ1n) is 17.1. The molecule has 0 heterocycles. The van der Waals surface area contributed by atoms with Gasteiger partial charge in [-0.1, -0.05) is 129 Å². The van der Waals surface area contributed by atoms with Gasteiger partial charge in [0.1, 0.15) is 11.5 Å². The Morgan fingerprint density at radius 3 is 1.37 bits per heavy atom. The lowest BCUT2D eigenvalue weighted by atomic mass is 10.1. The lowest BCUT2D eigenvalue weighted by molar-refractivity contribution is 0.302. The Labute approximate surface area is 252 Å². The summed E-state index contributed by atoms with van der Waals surface area (Å²) in [7, 11) is 0. The minimum absolute atomic E-state index is 0.782. The third kappa shape index (κ3) is 17.9. The topological polar surface area (TPSA) is 43.2 Å². The van der Waals surface area contributed by atoms with Gasteiger partial charge in [-0.2, -0.15) is 10.2 Å². The summed E-state index contributed by atoms with van der Waals surface area (Å²) in [5.74, 6) is 1.85. The Hall–Kier alpha value is -2.36. The number of azo groups is 1. The van der Waals surface area contributed by atoms with E-state index in [1.165, 1.54) is 116 Å². The lowest BCUT2D eigenvalue weighted by Gasteiger charge is -2.09. The van der Waals surface area contributed by atoms with Crippen molar-refractivity contribution in [2.24, 2.45) is 10.2 Å². The summed E-state index contributed by atoms with van der Waals surface area (Å²) in [5, 5.41) is 8.84. The first-order valence-corrected chi connectivity index (χ1v) is 17.1. The van der Waals surface area contributed by atoms with Crippen molar-refractivity contribution in [3.8, 4) is 11.5 Å². The molecule has 0 amide bonds. The van der Waals surface area contributed by atoms with Gasteiger partial charge in [-0.25, -0.2) is 0 Å². The predicted octanol–water partition coefficient (Wildman–Crippen LogP) is 13.0. The highest BCUT2D eigenvalue weighted by Gasteiger charge is 2.02. The van der Waals surface area contributed by atoms with Crippen molar-refractivity contribution in [1.29, 1.82) is 0 Å². The molecular formula is C37H60N2O2. The van der Waals surface area contributed by atoms with Gasteiger partial charge >= 0.3 is 0 Å². The smallest absolute Gasteiger partial charge is 0.122 e. The Bertz CT molecular complexity index is 910. The van der Waals surface area contributed by atoms with E-state index in [4.69, 9.17) is 9.47 Å². The molecular weight excluding hydrogens is 504 g/mol. The zero-order valence-corrected chi connectivity index (χ0v) is 26.8. The van der Waals surface area contributed by atoms with Crippen molar-refractivity contribution in [3.63, 3.8) is 0 Å². The van der Waals surface area contributed by atoms with Gasteiger partial charge in [0, 0.05) is 0 Å². The molecule has 2 aromatic carbocycles. The van der Waals surface area contributed by atoms with Crippen LogP contribution in [0, 0.1) is 6.92 Å². The van der Waals surface area contributed by atoms with Crippen molar-refractivity contribution in [2.75, 3.05) is 13.2 Å². The molecule has 0 aromatic heterocycles. The molecule has 0 bridgehead atoms. The molecule has 0 unspecified atom stereocenters. The van der Waals surface area contributed by atoms with Crippen LogP contribution in [0.1, 0.15) is 148 Å². The van der Waals surface area contributed by atoms with Crippen LogP contribution < -0.4 is 9.47 Å². The summed E-state index contributed by atoms with van der Waals surface area (Å²) >= 11 is 0. The number of rotatable bonds is 26. The van der Waals surface area contributed by atoms with E-state index in [1.54, 1.807) is 0 Å². The lowest BCUT2D eigenvalue weighted by Crippen LogP contribution is -1.98. The highest BCUT2D eigenvalue weighted by Crippen LogP contribution is 2.26. The van der Waals surface area contributed by atoms with Gasteiger partial charge in [0.15, 0.2) is 0 Å². The molecule has 0 aliphatic carbocycles. The van der Waals surface area contributed by atoms with Crippen LogP contribution in [0.5, 0.6) is 11.5 Å². The maximum atomic E-state index is 6.03. The fraction of sp³-hybridized carbons (Fsp3) is 0.676. The third-order valence-corrected chi connectivity index (χ3v) is 7.80. The molecule has 0 N–H and O–H groups in total. The Balaban J connectivity index is 1.55. The molecule has 0 aliphatic rings. The first kappa shape index (κ1) is 34.8. The highest BCUT2D eigenvalue weighted by molar-refractivity contribution is 5.47. The van der Waals surface area contributed by atoms with E-state index in [2.05, 4.69) is 31.0 Å². The van der Waals surface area contributed by atoms with Crippen LogP contribution in [0.25, 0.3) is 0 Å². The Morgan fingerprint density at radius 2 is 0.878 bits per heavy atom. The molecule has 2 aromatic rings. The summed E-state index contributed by atoms with van der Waals surface area (Å²) in [6.07, 6.45) is 26.8. The van der Waals surface area contributed by atoms with Crippen LogP contribution in [-0.2, 0) is 0 Å². The van der Waals surface area contributed by atoms with Gasteiger partial charge in [0.05, 0.1) is 24.6 Å². The molecule has 4 nitrogen and oxygen atoms in total. The average molecular weight is 565 g/mol. The summed E-state index contributed by atoms with van der Waals surface area (Å²) in [6.45, 7) is 8.20. The van der Waals surface area contributed by atoms with Gasteiger partial charge in [-0.15, -0.1) is 0 Å². The number of aryl methyl sites for hydroxylation is 1. The summed E-state index contributed by atoms with van der Waals surface area (Å²) in [5.41, 5.74) is 2.77. The molecule has 0 saturated heterocycles. The largest absolute Gasteiger partial charge is 0.494 e. The quantitative estimate of drug-likeness (QED) is 0.0842.